The molecule has 2 aliphatic heterocycles. The van der Waals surface area contributed by atoms with E-state index in [0.29, 0.717) is 31.2 Å². The smallest absolute Gasteiger partial charge is 0.241 e. The molecule has 2 fully saturated rings. The molecule has 3 heterocycles. The minimum Gasteiger partial charge on any atom is -0.338 e. The molecule has 0 bridgehead atoms. The zero-order valence-electron chi connectivity index (χ0n) is 19.4. The summed E-state index contributed by atoms with van der Waals surface area (Å²) in [6, 6.07) is 15.5. The SMILES string of the molecule is Cc1ccccc1-c1noc(CN2CCCC(C(=O)Nc3ccc(N4CCCC4=O)cc3)C2)n1. The van der Waals surface area contributed by atoms with Crippen LogP contribution in [-0.4, -0.2) is 46.5 Å². The molecule has 2 aliphatic rings. The number of carbonyl (C=O) groups is 2. The highest BCUT2D eigenvalue weighted by Gasteiger charge is 2.27. The summed E-state index contributed by atoms with van der Waals surface area (Å²) in [6.45, 7) is 4.85. The summed E-state index contributed by atoms with van der Waals surface area (Å²) in [6.07, 6.45) is 3.29. The van der Waals surface area contributed by atoms with Crippen LogP contribution in [0.5, 0.6) is 0 Å². The highest BCUT2D eigenvalue weighted by molar-refractivity contribution is 5.96. The second-order valence-electron chi connectivity index (χ2n) is 9.09. The van der Waals surface area contributed by atoms with Crippen molar-refractivity contribution in [3.05, 3.63) is 60.0 Å². The molecule has 0 spiro atoms. The number of anilines is 2. The Bertz CT molecular complexity index is 1170. The molecule has 0 aliphatic carbocycles. The van der Waals surface area contributed by atoms with Crippen LogP contribution in [-0.2, 0) is 16.1 Å². The van der Waals surface area contributed by atoms with E-state index in [1.165, 1.54) is 0 Å². The number of amides is 2. The Morgan fingerprint density at radius 3 is 2.71 bits per heavy atom. The van der Waals surface area contributed by atoms with Crippen molar-refractivity contribution in [3.63, 3.8) is 0 Å². The Hall–Kier alpha value is -3.52. The molecule has 3 aromatic rings. The molecule has 1 aromatic heterocycles. The molecular weight excluding hydrogens is 430 g/mol. The highest BCUT2D eigenvalue weighted by atomic mass is 16.5. The number of piperidine rings is 1. The maximum Gasteiger partial charge on any atom is 0.241 e. The lowest BCUT2D eigenvalue weighted by Gasteiger charge is -2.30. The minimum atomic E-state index is -0.104. The molecule has 34 heavy (non-hydrogen) atoms. The molecule has 2 saturated heterocycles. The van der Waals surface area contributed by atoms with Crippen LogP contribution in [0.4, 0.5) is 11.4 Å². The standard InChI is InChI=1S/C26H29N5O3/c1-18-6-2-3-8-22(18)25-28-23(34-29-25)17-30-14-4-7-19(16-30)26(33)27-20-10-12-21(13-11-20)31-15-5-9-24(31)32/h2-3,6,8,10-13,19H,4-5,7,9,14-17H2,1H3,(H,27,33). The number of aryl methyl sites for hydroxylation is 1. The molecule has 5 rings (SSSR count). The average molecular weight is 460 g/mol. The first-order valence-electron chi connectivity index (χ1n) is 11.9. The largest absolute Gasteiger partial charge is 0.338 e. The number of aromatic nitrogens is 2. The lowest BCUT2D eigenvalue weighted by Crippen LogP contribution is -2.40. The van der Waals surface area contributed by atoms with Gasteiger partial charge in [-0.1, -0.05) is 29.4 Å². The number of carbonyl (C=O) groups excluding carboxylic acids is 2. The van der Waals surface area contributed by atoms with Crippen LogP contribution in [0.25, 0.3) is 11.4 Å². The van der Waals surface area contributed by atoms with Gasteiger partial charge in [-0.25, -0.2) is 0 Å². The third-order valence-electron chi connectivity index (χ3n) is 6.61. The summed E-state index contributed by atoms with van der Waals surface area (Å²) < 4.78 is 5.50. The van der Waals surface area contributed by atoms with Crippen LogP contribution in [0.3, 0.4) is 0 Å². The predicted octanol–water partition coefficient (Wildman–Crippen LogP) is 4.02. The number of rotatable bonds is 6. The fourth-order valence-electron chi connectivity index (χ4n) is 4.75. The summed E-state index contributed by atoms with van der Waals surface area (Å²) in [7, 11) is 0. The molecule has 1 unspecified atom stereocenters. The van der Waals surface area contributed by atoms with E-state index in [-0.39, 0.29) is 17.7 Å². The van der Waals surface area contributed by atoms with Crippen molar-refractivity contribution in [2.45, 2.75) is 39.2 Å². The van der Waals surface area contributed by atoms with Crippen molar-refractivity contribution in [2.24, 2.45) is 5.92 Å². The van der Waals surface area contributed by atoms with Gasteiger partial charge in [0.2, 0.25) is 23.5 Å². The van der Waals surface area contributed by atoms with Crippen LogP contribution in [0.1, 0.15) is 37.1 Å². The van der Waals surface area contributed by atoms with Gasteiger partial charge in [0.1, 0.15) is 0 Å². The van der Waals surface area contributed by atoms with E-state index in [1.807, 2.05) is 55.5 Å². The van der Waals surface area contributed by atoms with E-state index in [0.717, 1.165) is 54.9 Å². The van der Waals surface area contributed by atoms with E-state index in [9.17, 15) is 9.59 Å². The Kier molecular flexibility index (Phi) is 6.40. The van der Waals surface area contributed by atoms with Crippen molar-refractivity contribution in [3.8, 4) is 11.4 Å². The van der Waals surface area contributed by atoms with Crippen LogP contribution in [0, 0.1) is 12.8 Å². The molecule has 1 N–H and O–H groups in total. The van der Waals surface area contributed by atoms with Crippen LogP contribution in [0.15, 0.2) is 53.1 Å². The fourth-order valence-corrected chi connectivity index (χ4v) is 4.75. The van der Waals surface area contributed by atoms with Crippen molar-refractivity contribution in [1.82, 2.24) is 15.0 Å². The summed E-state index contributed by atoms with van der Waals surface area (Å²) in [5, 5.41) is 7.18. The van der Waals surface area contributed by atoms with Crippen molar-refractivity contribution in [2.75, 3.05) is 29.9 Å². The third kappa shape index (κ3) is 4.87. The number of hydrogen-bond acceptors (Lipinski definition) is 6. The first-order chi connectivity index (χ1) is 16.6. The maximum atomic E-state index is 12.9. The summed E-state index contributed by atoms with van der Waals surface area (Å²) in [4.78, 5) is 33.4. The molecule has 8 heteroatoms. The van der Waals surface area contributed by atoms with E-state index in [4.69, 9.17) is 4.52 Å². The van der Waals surface area contributed by atoms with Gasteiger partial charge >= 0.3 is 0 Å². The van der Waals surface area contributed by atoms with Crippen molar-refractivity contribution in [1.29, 1.82) is 0 Å². The molecule has 176 valence electrons. The number of hydrogen-bond donors (Lipinski definition) is 1. The van der Waals surface area contributed by atoms with E-state index in [2.05, 4.69) is 20.4 Å². The molecular formula is C26H29N5O3. The Morgan fingerprint density at radius 2 is 1.94 bits per heavy atom. The van der Waals surface area contributed by atoms with Crippen molar-refractivity contribution < 1.29 is 14.1 Å². The Labute approximate surface area is 198 Å². The normalized spacial score (nSPS) is 18.9. The highest BCUT2D eigenvalue weighted by Crippen LogP contribution is 2.25. The molecule has 2 amide bonds. The molecule has 0 saturated carbocycles. The van der Waals surface area contributed by atoms with Gasteiger partial charge in [0.05, 0.1) is 12.5 Å². The van der Waals surface area contributed by atoms with Gasteiger partial charge in [0, 0.05) is 36.4 Å². The number of nitrogens with zero attached hydrogens (tertiary/aromatic N) is 4. The third-order valence-corrected chi connectivity index (χ3v) is 6.61. The molecule has 8 nitrogen and oxygen atoms in total. The maximum absolute atomic E-state index is 12.9. The summed E-state index contributed by atoms with van der Waals surface area (Å²) in [5.41, 5.74) is 3.70. The van der Waals surface area contributed by atoms with Gasteiger partial charge in [0.25, 0.3) is 0 Å². The quantitative estimate of drug-likeness (QED) is 0.599. The van der Waals surface area contributed by atoms with Crippen LogP contribution < -0.4 is 10.2 Å². The number of nitrogens with one attached hydrogen (secondary N) is 1. The fraction of sp³-hybridized carbons (Fsp3) is 0.385. The second-order valence-corrected chi connectivity index (χ2v) is 9.09. The van der Waals surface area contributed by atoms with E-state index in [1.54, 1.807) is 4.90 Å². The Balaban J connectivity index is 1.17. The predicted molar refractivity (Wildman–Crippen MR) is 129 cm³/mol. The summed E-state index contributed by atoms with van der Waals surface area (Å²) in [5.74, 6) is 1.23. The van der Waals surface area contributed by atoms with Crippen LogP contribution >= 0.6 is 0 Å². The first kappa shape index (κ1) is 22.3. The monoisotopic (exact) mass is 459 g/mol. The van der Waals surface area contributed by atoms with Gasteiger partial charge in [-0.2, -0.15) is 4.98 Å². The second kappa shape index (κ2) is 9.77. The van der Waals surface area contributed by atoms with Crippen LogP contribution in [0.2, 0.25) is 0 Å². The average Bonchev–Trinajstić information content (AvgIpc) is 3.49. The topological polar surface area (TPSA) is 91.6 Å². The lowest BCUT2D eigenvalue weighted by atomic mass is 9.97. The zero-order valence-corrected chi connectivity index (χ0v) is 19.4. The lowest BCUT2D eigenvalue weighted by molar-refractivity contribution is -0.121. The van der Waals surface area contributed by atoms with Gasteiger partial charge in [-0.3, -0.25) is 14.5 Å². The van der Waals surface area contributed by atoms with Crippen molar-refractivity contribution >= 4 is 23.2 Å². The van der Waals surface area contributed by atoms with Gasteiger partial charge in [-0.15, -0.1) is 0 Å². The Morgan fingerprint density at radius 1 is 1.12 bits per heavy atom. The molecule has 0 radical (unpaired) electrons. The minimum absolute atomic E-state index is 0.0147. The van der Waals surface area contributed by atoms with Gasteiger partial charge in [-0.05, 0) is 62.6 Å². The molecule has 1 atom stereocenters. The first-order valence-corrected chi connectivity index (χ1v) is 11.9. The molecule has 2 aromatic carbocycles. The number of likely N-dealkylation sites (tertiary alicyclic amines) is 1. The number of benzene rings is 2. The van der Waals surface area contributed by atoms with Gasteiger partial charge in [0.15, 0.2) is 0 Å². The zero-order chi connectivity index (χ0) is 23.5. The van der Waals surface area contributed by atoms with Gasteiger partial charge < -0.3 is 14.7 Å². The van der Waals surface area contributed by atoms with E-state index >= 15 is 0 Å². The van der Waals surface area contributed by atoms with E-state index < -0.39 is 0 Å². The summed E-state index contributed by atoms with van der Waals surface area (Å²) >= 11 is 0.